The molecule has 442 valence electrons. The first kappa shape index (κ1) is 73.5. The molecular weight excluding hydrogens is 961 g/mol. The van der Waals surface area contributed by atoms with Gasteiger partial charge in [-0.2, -0.15) is 0 Å². The lowest BCUT2D eigenvalue weighted by Crippen LogP contribution is -2.30. The van der Waals surface area contributed by atoms with E-state index in [1.165, 1.54) is 109 Å². The second kappa shape index (κ2) is 65.1. The Morgan fingerprint density at radius 1 is 0.269 bits per heavy atom. The number of ether oxygens (including phenoxy) is 3. The van der Waals surface area contributed by atoms with Crippen molar-refractivity contribution in [3.63, 3.8) is 0 Å². The summed E-state index contributed by atoms with van der Waals surface area (Å²) in [5.41, 5.74) is 0. The fourth-order valence-corrected chi connectivity index (χ4v) is 8.65. The number of rotatable bonds is 57. The van der Waals surface area contributed by atoms with Crippen molar-refractivity contribution in [1.82, 2.24) is 0 Å². The van der Waals surface area contributed by atoms with E-state index in [1.807, 2.05) is 0 Å². The van der Waals surface area contributed by atoms with Gasteiger partial charge in [-0.25, -0.2) is 0 Å². The maximum Gasteiger partial charge on any atom is 0.306 e. The minimum atomic E-state index is -0.814. The predicted octanol–water partition coefficient (Wildman–Crippen LogP) is 22.2. The van der Waals surface area contributed by atoms with Crippen LogP contribution in [0.4, 0.5) is 0 Å². The zero-order valence-electron chi connectivity index (χ0n) is 50.6. The predicted molar refractivity (Wildman–Crippen MR) is 339 cm³/mol. The van der Waals surface area contributed by atoms with Crippen LogP contribution < -0.4 is 0 Å². The van der Waals surface area contributed by atoms with Crippen molar-refractivity contribution >= 4 is 17.9 Å². The molecule has 0 N–H and O–H groups in total. The molecule has 0 amide bonds. The lowest BCUT2D eigenvalue weighted by atomic mass is 10.0. The van der Waals surface area contributed by atoms with Crippen LogP contribution in [0, 0.1) is 0 Å². The van der Waals surface area contributed by atoms with Crippen LogP contribution in [-0.2, 0) is 28.6 Å². The van der Waals surface area contributed by atoms with Gasteiger partial charge < -0.3 is 14.2 Å². The van der Waals surface area contributed by atoms with Gasteiger partial charge in [0.1, 0.15) is 13.2 Å². The smallest absolute Gasteiger partial charge is 0.306 e. The monoisotopic (exact) mass is 1080 g/mol. The quantitative estimate of drug-likeness (QED) is 0.0261. The van der Waals surface area contributed by atoms with E-state index >= 15 is 0 Å². The third kappa shape index (κ3) is 62.4. The number of carbonyl (C=O) groups excluding carboxylic acids is 3. The fraction of sp³-hybridized carbons (Fsp3) is 0.653. The lowest BCUT2D eigenvalue weighted by Gasteiger charge is -2.18. The summed E-state index contributed by atoms with van der Waals surface area (Å²) in [6.45, 7) is 6.37. The first-order valence-electron chi connectivity index (χ1n) is 32.2. The number of allylic oxidation sites excluding steroid dienone is 22. The molecule has 0 rings (SSSR count). The summed E-state index contributed by atoms with van der Waals surface area (Å²) < 4.78 is 16.9. The Labute approximate surface area is 481 Å². The van der Waals surface area contributed by atoms with Gasteiger partial charge in [0.05, 0.1) is 0 Å². The summed E-state index contributed by atoms with van der Waals surface area (Å²) in [4.78, 5) is 38.3. The minimum absolute atomic E-state index is 0.111. The average Bonchev–Trinajstić information content (AvgIpc) is 3.44. The van der Waals surface area contributed by atoms with E-state index in [9.17, 15) is 14.4 Å². The normalized spacial score (nSPS) is 13.0. The van der Waals surface area contributed by atoms with Gasteiger partial charge in [0, 0.05) is 19.3 Å². The zero-order chi connectivity index (χ0) is 56.4. The van der Waals surface area contributed by atoms with Gasteiger partial charge in [-0.05, 0) is 116 Å². The molecule has 0 aromatic rings. The summed E-state index contributed by atoms with van der Waals surface area (Å²) in [5.74, 6) is -0.977. The van der Waals surface area contributed by atoms with Crippen LogP contribution in [0.5, 0.6) is 0 Å². The Hall–Kier alpha value is -4.45. The van der Waals surface area contributed by atoms with Crippen LogP contribution in [0.1, 0.15) is 284 Å². The molecule has 0 aliphatic heterocycles. The Kier molecular flexibility index (Phi) is 61.4. The Bertz CT molecular complexity index is 1670. The SMILES string of the molecule is CC/C=C\C/C=C\C/C=C\C/C=C\C/C=C\C/C=C\C/C=C\CCCCCC(=O)OCC(COC(=O)CCCC/C=C\C/C=C\C/C=C\C/C=C\CC)OC(=O)CCCCCCCCCCCCCCCCCCCCCC. The molecule has 0 aromatic carbocycles. The molecule has 6 nitrogen and oxygen atoms in total. The van der Waals surface area contributed by atoms with Crippen LogP contribution >= 0.6 is 0 Å². The average molecular weight is 1080 g/mol. The largest absolute Gasteiger partial charge is 0.462 e. The van der Waals surface area contributed by atoms with Gasteiger partial charge in [-0.3, -0.25) is 14.4 Å². The molecule has 0 aliphatic carbocycles. The summed E-state index contributed by atoms with van der Waals surface area (Å²) in [7, 11) is 0. The second-order valence-electron chi connectivity index (χ2n) is 20.9. The van der Waals surface area contributed by atoms with Crippen molar-refractivity contribution in [3.8, 4) is 0 Å². The van der Waals surface area contributed by atoms with Crippen molar-refractivity contribution < 1.29 is 28.6 Å². The van der Waals surface area contributed by atoms with E-state index in [1.54, 1.807) is 0 Å². The highest BCUT2D eigenvalue weighted by atomic mass is 16.6. The molecule has 0 aromatic heterocycles. The summed E-state index contributed by atoms with van der Waals surface area (Å²) in [6.07, 6.45) is 91.8. The zero-order valence-corrected chi connectivity index (χ0v) is 50.6. The Morgan fingerprint density at radius 2 is 0.500 bits per heavy atom. The number of hydrogen-bond donors (Lipinski definition) is 0. The van der Waals surface area contributed by atoms with Gasteiger partial charge >= 0.3 is 17.9 Å². The molecule has 0 saturated heterocycles. The van der Waals surface area contributed by atoms with E-state index in [2.05, 4.69) is 154 Å². The maximum atomic E-state index is 12.9. The van der Waals surface area contributed by atoms with Crippen molar-refractivity contribution in [2.45, 2.75) is 290 Å². The molecule has 0 aliphatic rings. The highest BCUT2D eigenvalue weighted by molar-refractivity contribution is 5.71. The van der Waals surface area contributed by atoms with E-state index in [-0.39, 0.29) is 31.1 Å². The van der Waals surface area contributed by atoms with E-state index in [0.29, 0.717) is 25.7 Å². The molecule has 0 saturated carbocycles. The summed E-state index contributed by atoms with van der Waals surface area (Å²) >= 11 is 0. The summed E-state index contributed by atoms with van der Waals surface area (Å²) in [6, 6.07) is 0. The number of unbranched alkanes of at least 4 members (excludes halogenated alkanes) is 24. The van der Waals surface area contributed by atoms with Gasteiger partial charge in [0.25, 0.3) is 0 Å². The number of hydrogen-bond acceptors (Lipinski definition) is 6. The Balaban J connectivity index is 4.47. The van der Waals surface area contributed by atoms with Crippen molar-refractivity contribution in [3.05, 3.63) is 134 Å². The molecule has 6 heteroatoms. The molecule has 1 atom stereocenters. The van der Waals surface area contributed by atoms with E-state index in [4.69, 9.17) is 14.2 Å². The molecule has 0 bridgehead atoms. The number of carbonyl (C=O) groups is 3. The molecule has 0 spiro atoms. The maximum absolute atomic E-state index is 12.9. The van der Waals surface area contributed by atoms with Gasteiger partial charge in [0.15, 0.2) is 6.10 Å². The number of esters is 3. The standard InChI is InChI=1S/C72H118O6/c1-4-7-10-13-16-19-22-25-28-30-32-34-35-36-37-38-40-41-44-47-50-53-56-59-62-65-71(74)77-68-69(67-76-70(73)64-61-58-55-52-49-46-43-27-24-21-18-15-12-9-6-3)78-72(75)66-63-60-57-54-51-48-45-42-39-33-31-29-26-23-20-17-14-11-8-5-2/h7,9-10,12,16,18-19,21,25,27-28,32,34,36-37,40-41,43,47,49-50,52,69H,4-6,8,11,13-15,17,20,22-24,26,29-31,33,35,38-39,42,44-46,48,51,53-68H2,1-3H3/b10-7-,12-9-,19-16-,21-18-,28-25-,34-32-,37-36-,41-40-,43-27-,50-47-,52-49-. The van der Waals surface area contributed by atoms with E-state index < -0.39 is 6.10 Å². The highest BCUT2D eigenvalue weighted by Gasteiger charge is 2.19. The molecule has 0 radical (unpaired) electrons. The summed E-state index contributed by atoms with van der Waals surface area (Å²) in [5, 5.41) is 0. The first-order chi connectivity index (χ1) is 38.5. The van der Waals surface area contributed by atoms with Crippen molar-refractivity contribution in [2.75, 3.05) is 13.2 Å². The van der Waals surface area contributed by atoms with Gasteiger partial charge in [-0.15, -0.1) is 0 Å². The second-order valence-corrected chi connectivity index (χ2v) is 20.9. The molecule has 1 unspecified atom stereocenters. The topological polar surface area (TPSA) is 78.9 Å². The molecule has 78 heavy (non-hydrogen) atoms. The third-order valence-corrected chi connectivity index (χ3v) is 13.4. The first-order valence-corrected chi connectivity index (χ1v) is 32.2. The van der Waals surface area contributed by atoms with Crippen LogP contribution in [0.15, 0.2) is 134 Å². The van der Waals surface area contributed by atoms with Gasteiger partial charge in [-0.1, -0.05) is 283 Å². The third-order valence-electron chi connectivity index (χ3n) is 13.4. The van der Waals surface area contributed by atoms with Crippen molar-refractivity contribution in [1.29, 1.82) is 0 Å². The van der Waals surface area contributed by atoms with Crippen molar-refractivity contribution in [2.24, 2.45) is 0 Å². The minimum Gasteiger partial charge on any atom is -0.462 e. The Morgan fingerprint density at radius 3 is 0.808 bits per heavy atom. The van der Waals surface area contributed by atoms with Crippen LogP contribution in [0.25, 0.3) is 0 Å². The molecular formula is C72H118O6. The molecule has 0 heterocycles. The highest BCUT2D eigenvalue weighted by Crippen LogP contribution is 2.16. The van der Waals surface area contributed by atoms with Crippen LogP contribution in [0.3, 0.4) is 0 Å². The van der Waals surface area contributed by atoms with Crippen LogP contribution in [0.2, 0.25) is 0 Å². The lowest BCUT2D eigenvalue weighted by molar-refractivity contribution is -0.167. The van der Waals surface area contributed by atoms with E-state index in [0.717, 1.165) is 128 Å². The van der Waals surface area contributed by atoms with Gasteiger partial charge in [0.2, 0.25) is 0 Å². The fourth-order valence-electron chi connectivity index (χ4n) is 8.65. The van der Waals surface area contributed by atoms with Crippen LogP contribution in [-0.4, -0.2) is 37.2 Å². The molecule has 0 fully saturated rings.